The van der Waals surface area contributed by atoms with E-state index in [-0.39, 0.29) is 11.6 Å². The average molecular weight is 438 g/mol. The van der Waals surface area contributed by atoms with E-state index >= 15 is 0 Å². The molecule has 0 bridgehead atoms. The zero-order valence-corrected chi connectivity index (χ0v) is 14.9. The van der Waals surface area contributed by atoms with E-state index in [1.807, 2.05) is 12.1 Å². The molecule has 0 saturated heterocycles. The zero-order valence-electron chi connectivity index (χ0n) is 11.0. The van der Waals surface area contributed by atoms with Crippen molar-refractivity contribution in [1.82, 2.24) is 0 Å². The Morgan fingerprint density at radius 2 is 1.86 bits per heavy atom. The van der Waals surface area contributed by atoms with E-state index in [9.17, 15) is 4.39 Å². The summed E-state index contributed by atoms with van der Waals surface area (Å²) in [7, 11) is 0. The Kier molecular flexibility index (Phi) is 6.05. The Labute approximate surface area is 144 Å². The minimum atomic E-state index is -0.453. The highest BCUT2D eigenvalue weighted by molar-refractivity contribution is 9.11. The predicted molar refractivity (Wildman–Crippen MR) is 90.3 cm³/mol. The summed E-state index contributed by atoms with van der Waals surface area (Å²) in [4.78, 5) is 0. The second-order valence-electron chi connectivity index (χ2n) is 4.43. The van der Waals surface area contributed by atoms with Crippen molar-refractivity contribution in [2.45, 2.75) is 13.0 Å². The van der Waals surface area contributed by atoms with Crippen molar-refractivity contribution >= 4 is 43.5 Å². The molecule has 0 fully saturated rings. The minimum absolute atomic E-state index is 0.0903. The van der Waals surface area contributed by atoms with Gasteiger partial charge in [-0.1, -0.05) is 23.7 Å². The molecule has 2 aromatic carbocycles. The van der Waals surface area contributed by atoms with Crippen molar-refractivity contribution < 1.29 is 9.13 Å². The first-order valence-electron chi connectivity index (χ1n) is 6.26. The van der Waals surface area contributed by atoms with Gasteiger partial charge in [0.15, 0.2) is 0 Å². The van der Waals surface area contributed by atoms with Gasteiger partial charge in [-0.2, -0.15) is 0 Å². The summed E-state index contributed by atoms with van der Waals surface area (Å²) in [6.07, 6.45) is 0.778. The molecule has 0 spiro atoms. The summed E-state index contributed by atoms with van der Waals surface area (Å²) in [6, 6.07) is 8.74. The third-order valence-corrected chi connectivity index (χ3v) is 4.36. The summed E-state index contributed by atoms with van der Waals surface area (Å²) in [5, 5.41) is 0.0903. The number of benzene rings is 2. The largest absolute Gasteiger partial charge is 0.486 e. The first kappa shape index (κ1) is 16.7. The van der Waals surface area contributed by atoms with Crippen LogP contribution in [0.3, 0.4) is 0 Å². The highest BCUT2D eigenvalue weighted by Gasteiger charge is 2.12. The van der Waals surface area contributed by atoms with Crippen LogP contribution in [-0.2, 0) is 13.0 Å². The molecule has 0 atom stereocenters. The van der Waals surface area contributed by atoms with Gasteiger partial charge in [-0.3, -0.25) is 0 Å². The molecule has 0 unspecified atom stereocenters. The topological polar surface area (TPSA) is 35.2 Å². The van der Waals surface area contributed by atoms with Crippen LogP contribution in [0, 0.1) is 5.82 Å². The number of nitrogens with two attached hydrogens (primary N) is 1. The standard InChI is InChI=1S/C15H13Br2ClFNO/c16-11-6-9(4-5-20)7-12(17)15(11)21-8-10-2-1-3-13(18)14(10)19/h1-3,6-7H,4-5,8,20H2. The lowest BCUT2D eigenvalue weighted by atomic mass is 10.1. The lowest BCUT2D eigenvalue weighted by molar-refractivity contribution is 0.296. The fourth-order valence-corrected chi connectivity index (χ4v) is 3.58. The molecule has 112 valence electrons. The Bertz CT molecular complexity index is 629. The van der Waals surface area contributed by atoms with Crippen molar-refractivity contribution in [3.05, 3.63) is 61.2 Å². The van der Waals surface area contributed by atoms with Gasteiger partial charge in [0.05, 0.1) is 14.0 Å². The second kappa shape index (κ2) is 7.58. The normalized spacial score (nSPS) is 10.7. The monoisotopic (exact) mass is 435 g/mol. The molecule has 0 aliphatic rings. The van der Waals surface area contributed by atoms with E-state index in [1.165, 1.54) is 6.07 Å². The highest BCUT2D eigenvalue weighted by Crippen LogP contribution is 2.35. The molecular formula is C15H13Br2ClFNO. The first-order chi connectivity index (χ1) is 10.0. The van der Waals surface area contributed by atoms with E-state index in [0.717, 1.165) is 20.9 Å². The van der Waals surface area contributed by atoms with Crippen LogP contribution in [0.5, 0.6) is 5.75 Å². The summed E-state index contributed by atoms with van der Waals surface area (Å²) in [5.74, 6) is 0.168. The fraction of sp³-hybridized carbons (Fsp3) is 0.200. The van der Waals surface area contributed by atoms with Gasteiger partial charge < -0.3 is 10.5 Å². The summed E-state index contributed by atoms with van der Waals surface area (Å²) in [6.45, 7) is 0.673. The predicted octanol–water partition coefficient (Wildman–Crippen LogP) is 5.08. The molecule has 6 heteroatoms. The molecule has 0 amide bonds. The second-order valence-corrected chi connectivity index (χ2v) is 6.54. The molecule has 0 heterocycles. The van der Waals surface area contributed by atoms with Crippen LogP contribution in [0.25, 0.3) is 0 Å². The van der Waals surface area contributed by atoms with Crippen molar-refractivity contribution in [2.24, 2.45) is 5.73 Å². The van der Waals surface area contributed by atoms with Crippen molar-refractivity contribution in [3.63, 3.8) is 0 Å². The Morgan fingerprint density at radius 3 is 2.48 bits per heavy atom. The molecule has 2 rings (SSSR count). The highest BCUT2D eigenvalue weighted by atomic mass is 79.9. The number of halogens is 4. The van der Waals surface area contributed by atoms with Crippen molar-refractivity contribution in [1.29, 1.82) is 0 Å². The number of hydrogen-bond acceptors (Lipinski definition) is 2. The van der Waals surface area contributed by atoms with Gasteiger partial charge in [0.1, 0.15) is 18.2 Å². The molecule has 0 aliphatic heterocycles. The van der Waals surface area contributed by atoms with E-state index < -0.39 is 5.82 Å². The smallest absolute Gasteiger partial charge is 0.148 e. The lowest BCUT2D eigenvalue weighted by Crippen LogP contribution is -2.04. The third kappa shape index (κ3) is 4.19. The van der Waals surface area contributed by atoms with Gasteiger partial charge >= 0.3 is 0 Å². The Hall–Kier alpha value is -0.620. The number of rotatable bonds is 5. The SMILES string of the molecule is NCCc1cc(Br)c(OCc2cccc(Cl)c2F)c(Br)c1. The van der Waals surface area contributed by atoms with Crippen LogP contribution < -0.4 is 10.5 Å². The van der Waals surface area contributed by atoms with Crippen LogP contribution in [0.15, 0.2) is 39.3 Å². The summed E-state index contributed by atoms with van der Waals surface area (Å²) < 4.78 is 21.1. The van der Waals surface area contributed by atoms with Crippen LogP contribution in [-0.4, -0.2) is 6.54 Å². The maximum Gasteiger partial charge on any atom is 0.148 e. The van der Waals surface area contributed by atoms with Crippen LogP contribution in [0.4, 0.5) is 4.39 Å². The quantitative estimate of drug-likeness (QED) is 0.708. The molecule has 0 radical (unpaired) electrons. The van der Waals surface area contributed by atoms with Crippen LogP contribution in [0.2, 0.25) is 5.02 Å². The van der Waals surface area contributed by atoms with E-state index in [2.05, 4.69) is 31.9 Å². The minimum Gasteiger partial charge on any atom is -0.486 e. The van der Waals surface area contributed by atoms with Gasteiger partial charge in [-0.15, -0.1) is 0 Å². The van der Waals surface area contributed by atoms with E-state index in [4.69, 9.17) is 22.1 Å². The summed E-state index contributed by atoms with van der Waals surface area (Å²) in [5.41, 5.74) is 7.05. The number of ether oxygens (including phenoxy) is 1. The van der Waals surface area contributed by atoms with Crippen molar-refractivity contribution in [2.75, 3.05) is 6.54 Å². The Balaban J connectivity index is 2.18. The maximum absolute atomic E-state index is 13.8. The van der Waals surface area contributed by atoms with Crippen LogP contribution in [0.1, 0.15) is 11.1 Å². The maximum atomic E-state index is 13.8. The molecule has 2 N–H and O–H groups in total. The third-order valence-electron chi connectivity index (χ3n) is 2.89. The van der Waals surface area contributed by atoms with Gasteiger partial charge in [-0.25, -0.2) is 4.39 Å². The number of hydrogen-bond donors (Lipinski definition) is 1. The molecule has 0 aliphatic carbocycles. The van der Waals surface area contributed by atoms with E-state index in [1.54, 1.807) is 12.1 Å². The molecule has 2 nitrogen and oxygen atoms in total. The zero-order chi connectivity index (χ0) is 15.4. The van der Waals surface area contributed by atoms with Gasteiger partial charge in [0, 0.05) is 5.56 Å². The van der Waals surface area contributed by atoms with Gasteiger partial charge in [0.2, 0.25) is 0 Å². The molecule has 21 heavy (non-hydrogen) atoms. The molecule has 2 aromatic rings. The van der Waals surface area contributed by atoms with Gasteiger partial charge in [-0.05, 0) is 68.6 Å². The average Bonchev–Trinajstić information content (AvgIpc) is 2.42. The molecular weight excluding hydrogens is 424 g/mol. The Morgan fingerprint density at radius 1 is 1.19 bits per heavy atom. The van der Waals surface area contributed by atoms with Crippen molar-refractivity contribution in [3.8, 4) is 5.75 Å². The fourth-order valence-electron chi connectivity index (χ4n) is 1.87. The summed E-state index contributed by atoms with van der Waals surface area (Å²) >= 11 is 12.7. The lowest BCUT2D eigenvalue weighted by Gasteiger charge is -2.13. The first-order valence-corrected chi connectivity index (χ1v) is 8.23. The van der Waals surface area contributed by atoms with Gasteiger partial charge in [0.25, 0.3) is 0 Å². The van der Waals surface area contributed by atoms with Crippen LogP contribution >= 0.6 is 43.5 Å². The molecule has 0 aromatic heterocycles. The van der Waals surface area contributed by atoms with E-state index in [0.29, 0.717) is 17.9 Å². The molecule has 0 saturated carbocycles.